The van der Waals surface area contributed by atoms with Crippen molar-refractivity contribution in [2.75, 3.05) is 6.26 Å². The average molecular weight is 235 g/mol. The maximum Gasteiger partial charge on any atom is 0.195 e. The van der Waals surface area contributed by atoms with Crippen molar-refractivity contribution in [3.8, 4) is 0 Å². The zero-order valence-electron chi connectivity index (χ0n) is 6.96. The van der Waals surface area contributed by atoms with E-state index in [-0.39, 0.29) is 5.78 Å². The summed E-state index contributed by atoms with van der Waals surface area (Å²) >= 11 is 12.5. The van der Waals surface area contributed by atoms with Crippen LogP contribution in [0.25, 0.3) is 0 Å². The van der Waals surface area contributed by atoms with Crippen molar-refractivity contribution >= 4 is 40.7 Å². The molecule has 1 nitrogen and oxygen atoms in total. The monoisotopic (exact) mass is 234 g/mol. The van der Waals surface area contributed by atoms with Crippen LogP contribution in [0.1, 0.15) is 10.4 Å². The van der Waals surface area contributed by atoms with Crippen molar-refractivity contribution in [3.05, 3.63) is 29.8 Å². The third-order valence-electron chi connectivity index (χ3n) is 1.55. The van der Waals surface area contributed by atoms with E-state index in [1.807, 2.05) is 18.4 Å². The van der Waals surface area contributed by atoms with Crippen LogP contribution in [-0.2, 0) is 0 Å². The Morgan fingerprint density at radius 3 is 2.69 bits per heavy atom. The summed E-state index contributed by atoms with van der Waals surface area (Å²) in [5, 5.41) is 0. The predicted molar refractivity (Wildman–Crippen MR) is 58.0 cm³/mol. The molecule has 4 heteroatoms. The Morgan fingerprint density at radius 1 is 1.46 bits per heavy atom. The number of ketones is 1. The van der Waals surface area contributed by atoms with E-state index in [1.54, 1.807) is 23.9 Å². The van der Waals surface area contributed by atoms with Gasteiger partial charge >= 0.3 is 0 Å². The molecule has 0 saturated heterocycles. The zero-order chi connectivity index (χ0) is 9.84. The van der Waals surface area contributed by atoms with Crippen LogP contribution in [0.5, 0.6) is 0 Å². The molecule has 0 heterocycles. The summed E-state index contributed by atoms with van der Waals surface area (Å²) in [5.41, 5.74) is 0.557. The normalized spacial score (nSPS) is 10.5. The molecule has 0 fully saturated rings. The molecule has 0 spiro atoms. The Kier molecular flexibility index (Phi) is 4.10. The molecule has 0 N–H and O–H groups in total. The number of carbonyl (C=O) groups excluding carboxylic acids is 1. The third kappa shape index (κ3) is 2.90. The van der Waals surface area contributed by atoms with Crippen LogP contribution in [0.2, 0.25) is 0 Å². The van der Waals surface area contributed by atoms with E-state index in [9.17, 15) is 4.79 Å². The Bertz CT molecular complexity index is 312. The average Bonchev–Trinajstić information content (AvgIpc) is 2.16. The van der Waals surface area contributed by atoms with Crippen molar-refractivity contribution in [1.29, 1.82) is 0 Å². The van der Waals surface area contributed by atoms with E-state index < -0.39 is 4.84 Å². The van der Waals surface area contributed by atoms with Crippen LogP contribution in [0, 0.1) is 0 Å². The summed E-state index contributed by atoms with van der Waals surface area (Å²) in [5.74, 6) is -0.251. The fourth-order valence-electron chi connectivity index (χ4n) is 0.902. The highest BCUT2D eigenvalue weighted by atomic mass is 35.5. The lowest BCUT2D eigenvalue weighted by molar-refractivity contribution is 0.101. The maximum atomic E-state index is 11.3. The number of hydrogen-bond acceptors (Lipinski definition) is 2. The molecule has 0 saturated carbocycles. The Labute approximate surface area is 91.4 Å². The highest BCUT2D eigenvalue weighted by molar-refractivity contribution is 7.98. The molecular weight excluding hydrogens is 227 g/mol. The highest BCUT2D eigenvalue weighted by Gasteiger charge is 2.13. The second-order valence-electron chi connectivity index (χ2n) is 2.40. The van der Waals surface area contributed by atoms with Crippen molar-refractivity contribution in [1.82, 2.24) is 0 Å². The highest BCUT2D eigenvalue weighted by Crippen LogP contribution is 2.18. The van der Waals surface area contributed by atoms with Crippen molar-refractivity contribution in [2.24, 2.45) is 0 Å². The minimum Gasteiger partial charge on any atom is -0.291 e. The summed E-state index contributed by atoms with van der Waals surface area (Å²) in [4.78, 5) is 11.4. The number of hydrogen-bond donors (Lipinski definition) is 0. The molecule has 0 atom stereocenters. The second kappa shape index (κ2) is 4.89. The van der Waals surface area contributed by atoms with E-state index in [2.05, 4.69) is 0 Å². The molecule has 0 amide bonds. The van der Waals surface area contributed by atoms with Gasteiger partial charge in [0.15, 0.2) is 10.6 Å². The Hall–Kier alpha value is -0.180. The minimum absolute atomic E-state index is 0.251. The minimum atomic E-state index is -0.975. The van der Waals surface area contributed by atoms with Gasteiger partial charge in [-0.1, -0.05) is 35.3 Å². The van der Waals surface area contributed by atoms with Gasteiger partial charge in [-0.25, -0.2) is 0 Å². The largest absolute Gasteiger partial charge is 0.291 e. The smallest absolute Gasteiger partial charge is 0.195 e. The van der Waals surface area contributed by atoms with Crippen molar-refractivity contribution in [2.45, 2.75) is 9.73 Å². The van der Waals surface area contributed by atoms with Gasteiger partial charge in [0.05, 0.1) is 0 Å². The summed E-state index contributed by atoms with van der Waals surface area (Å²) in [6.45, 7) is 0. The molecular formula is C9H8Cl2OS. The molecule has 0 unspecified atom stereocenters. The van der Waals surface area contributed by atoms with E-state index in [1.165, 1.54) is 0 Å². The zero-order valence-corrected chi connectivity index (χ0v) is 9.29. The second-order valence-corrected chi connectivity index (χ2v) is 4.37. The molecule has 1 aromatic carbocycles. The van der Waals surface area contributed by atoms with Gasteiger partial charge < -0.3 is 0 Å². The van der Waals surface area contributed by atoms with Crippen molar-refractivity contribution in [3.63, 3.8) is 0 Å². The summed E-state index contributed by atoms with van der Waals surface area (Å²) in [7, 11) is 0. The Balaban J connectivity index is 2.95. The summed E-state index contributed by atoms with van der Waals surface area (Å²) < 4.78 is 0. The third-order valence-corrected chi connectivity index (χ3v) is 2.67. The molecule has 0 aromatic heterocycles. The molecule has 70 valence electrons. The SMILES string of the molecule is CSc1cccc(C(=O)C(Cl)Cl)c1. The molecule has 0 bridgehead atoms. The number of alkyl halides is 2. The van der Waals surface area contributed by atoms with E-state index in [4.69, 9.17) is 23.2 Å². The van der Waals surface area contributed by atoms with Gasteiger partial charge in [0, 0.05) is 10.5 Å². The van der Waals surface area contributed by atoms with Crippen LogP contribution >= 0.6 is 35.0 Å². The number of carbonyl (C=O) groups is 1. The quantitative estimate of drug-likeness (QED) is 0.453. The molecule has 1 aromatic rings. The molecule has 0 aliphatic carbocycles. The van der Waals surface area contributed by atoms with Crippen LogP contribution in [0.3, 0.4) is 0 Å². The van der Waals surface area contributed by atoms with Gasteiger partial charge in [0.1, 0.15) is 0 Å². The van der Waals surface area contributed by atoms with Gasteiger partial charge in [-0.3, -0.25) is 4.79 Å². The number of rotatable bonds is 3. The molecule has 0 radical (unpaired) electrons. The van der Waals surface area contributed by atoms with Crippen LogP contribution in [0.4, 0.5) is 0 Å². The lowest BCUT2D eigenvalue weighted by atomic mass is 10.1. The fraction of sp³-hybridized carbons (Fsp3) is 0.222. The number of halogens is 2. The molecule has 0 aliphatic rings. The number of benzene rings is 1. The lowest BCUT2D eigenvalue weighted by Gasteiger charge is -2.02. The molecule has 0 aliphatic heterocycles. The van der Waals surface area contributed by atoms with Crippen LogP contribution in [-0.4, -0.2) is 16.9 Å². The first kappa shape index (κ1) is 10.9. The van der Waals surface area contributed by atoms with Gasteiger partial charge in [-0.15, -0.1) is 11.8 Å². The summed E-state index contributed by atoms with van der Waals surface area (Å²) in [6, 6.07) is 7.23. The number of thioether (sulfide) groups is 1. The number of Topliss-reactive ketones (excluding diaryl/α,β-unsaturated/α-hetero) is 1. The molecule has 13 heavy (non-hydrogen) atoms. The lowest BCUT2D eigenvalue weighted by Crippen LogP contribution is -2.07. The topological polar surface area (TPSA) is 17.1 Å². The fourth-order valence-corrected chi connectivity index (χ4v) is 1.61. The van der Waals surface area contributed by atoms with Gasteiger partial charge in [0.25, 0.3) is 0 Å². The molecule has 1 rings (SSSR count). The first-order valence-electron chi connectivity index (χ1n) is 3.61. The first-order chi connectivity index (χ1) is 6.15. The van der Waals surface area contributed by atoms with Crippen molar-refractivity contribution < 1.29 is 4.79 Å². The van der Waals surface area contributed by atoms with Crippen LogP contribution in [0.15, 0.2) is 29.2 Å². The maximum absolute atomic E-state index is 11.3. The van der Waals surface area contributed by atoms with E-state index >= 15 is 0 Å². The van der Waals surface area contributed by atoms with E-state index in [0.717, 1.165) is 4.90 Å². The predicted octanol–water partition coefficient (Wildman–Crippen LogP) is 3.39. The van der Waals surface area contributed by atoms with Crippen LogP contribution < -0.4 is 0 Å². The van der Waals surface area contributed by atoms with Gasteiger partial charge in [0.2, 0.25) is 0 Å². The Morgan fingerprint density at radius 2 is 2.15 bits per heavy atom. The van der Waals surface area contributed by atoms with E-state index in [0.29, 0.717) is 5.56 Å². The van der Waals surface area contributed by atoms with Gasteiger partial charge in [-0.2, -0.15) is 0 Å². The standard InChI is InChI=1S/C9H8Cl2OS/c1-13-7-4-2-3-6(5-7)8(12)9(10)11/h2-5,9H,1H3. The first-order valence-corrected chi connectivity index (χ1v) is 5.71. The van der Waals surface area contributed by atoms with Gasteiger partial charge in [-0.05, 0) is 18.4 Å². The summed E-state index contributed by atoms with van der Waals surface area (Å²) in [6.07, 6.45) is 1.95.